The third kappa shape index (κ3) is 4.79. The topological polar surface area (TPSA) is 67.4 Å². The predicted octanol–water partition coefficient (Wildman–Crippen LogP) is 5.37. The number of aromatic nitrogens is 2. The number of anilines is 2. The predicted molar refractivity (Wildman–Crippen MR) is 139 cm³/mol. The van der Waals surface area contributed by atoms with Crippen molar-refractivity contribution >= 4 is 28.9 Å². The van der Waals surface area contributed by atoms with E-state index < -0.39 is 11.7 Å². The van der Waals surface area contributed by atoms with E-state index in [1.54, 1.807) is 18.3 Å². The smallest absolute Gasteiger partial charge is 0.255 e. The van der Waals surface area contributed by atoms with Gasteiger partial charge in [-0.2, -0.15) is 0 Å². The molecule has 3 aromatic rings. The molecular formula is C28H26ClFN4O2. The lowest BCUT2D eigenvalue weighted by Crippen LogP contribution is -2.36. The third-order valence-corrected chi connectivity index (χ3v) is 7.10. The molecule has 1 amide bonds. The number of terminal acetylenes is 1. The number of pyridine rings is 2. The Labute approximate surface area is 214 Å². The van der Waals surface area contributed by atoms with Crippen molar-refractivity contribution in [2.75, 3.05) is 36.5 Å². The van der Waals surface area contributed by atoms with E-state index in [9.17, 15) is 9.18 Å². The van der Waals surface area contributed by atoms with Gasteiger partial charge in [0.05, 0.1) is 24.6 Å². The number of morpholine rings is 1. The Balaban J connectivity index is 1.47. The zero-order chi connectivity index (χ0) is 25.4. The average molecular weight is 505 g/mol. The minimum absolute atomic E-state index is 0.0576. The summed E-state index contributed by atoms with van der Waals surface area (Å²) >= 11 is 6.19. The Morgan fingerprint density at radius 3 is 2.67 bits per heavy atom. The van der Waals surface area contributed by atoms with Gasteiger partial charge in [0.2, 0.25) is 0 Å². The SMILES string of the molecule is C#Cc1ncc(-c2cc(NC(=O)c3cc(Cl)nc(C4(C)CC4)c3)c(F)cc2C)cc1N1CCOCC1. The van der Waals surface area contributed by atoms with Crippen LogP contribution in [0.4, 0.5) is 15.8 Å². The molecule has 2 aliphatic rings. The van der Waals surface area contributed by atoms with Crippen LogP contribution in [-0.4, -0.2) is 42.2 Å². The van der Waals surface area contributed by atoms with Gasteiger partial charge in [0.1, 0.15) is 16.7 Å². The molecule has 0 unspecified atom stereocenters. The number of aryl methyl sites for hydroxylation is 1. The maximum absolute atomic E-state index is 15.0. The number of hydrogen-bond acceptors (Lipinski definition) is 5. The molecule has 5 rings (SSSR count). The van der Waals surface area contributed by atoms with Crippen molar-refractivity contribution in [2.24, 2.45) is 0 Å². The van der Waals surface area contributed by atoms with Crippen LogP contribution >= 0.6 is 11.6 Å². The lowest BCUT2D eigenvalue weighted by Gasteiger charge is -2.29. The summed E-state index contributed by atoms with van der Waals surface area (Å²) in [5.74, 6) is 1.67. The van der Waals surface area contributed by atoms with Crippen molar-refractivity contribution in [1.29, 1.82) is 0 Å². The standard InChI is InChI=1S/C28H26ClFN4O2/c1-4-22-24(34-7-9-36-10-8-34)12-19(16-31-22)20-15-23(21(30)11-17(20)2)32-27(35)18-13-25(28(3)5-6-28)33-26(29)14-18/h1,11-16H,5-10H2,2-3H3,(H,32,35). The minimum Gasteiger partial charge on any atom is -0.378 e. The molecule has 1 saturated carbocycles. The first-order valence-electron chi connectivity index (χ1n) is 11.9. The van der Waals surface area contributed by atoms with Crippen LogP contribution in [0.25, 0.3) is 11.1 Å². The monoisotopic (exact) mass is 504 g/mol. The molecular weight excluding hydrogens is 479 g/mol. The highest BCUT2D eigenvalue weighted by Gasteiger charge is 2.41. The molecule has 36 heavy (non-hydrogen) atoms. The molecule has 2 fully saturated rings. The van der Waals surface area contributed by atoms with Crippen molar-refractivity contribution in [2.45, 2.75) is 32.1 Å². The summed E-state index contributed by atoms with van der Waals surface area (Å²) in [6.07, 6.45) is 9.37. The summed E-state index contributed by atoms with van der Waals surface area (Å²) in [7, 11) is 0. The van der Waals surface area contributed by atoms with E-state index in [0.29, 0.717) is 43.1 Å². The van der Waals surface area contributed by atoms with Crippen molar-refractivity contribution in [1.82, 2.24) is 9.97 Å². The minimum atomic E-state index is -0.527. The quantitative estimate of drug-likeness (QED) is 0.374. The average Bonchev–Trinajstić information content (AvgIpc) is 3.64. The van der Waals surface area contributed by atoms with Crippen LogP contribution in [0.3, 0.4) is 0 Å². The van der Waals surface area contributed by atoms with Gasteiger partial charge in [-0.05, 0) is 67.1 Å². The molecule has 0 radical (unpaired) electrons. The van der Waals surface area contributed by atoms with Gasteiger partial charge in [-0.3, -0.25) is 4.79 Å². The normalized spacial score (nSPS) is 16.4. The third-order valence-electron chi connectivity index (χ3n) is 6.90. The molecule has 1 aliphatic heterocycles. The molecule has 0 atom stereocenters. The van der Waals surface area contributed by atoms with Gasteiger partial charge >= 0.3 is 0 Å². The number of amides is 1. The fraction of sp³-hybridized carbons (Fsp3) is 0.321. The van der Waals surface area contributed by atoms with E-state index in [0.717, 1.165) is 35.3 Å². The van der Waals surface area contributed by atoms with Gasteiger partial charge in [0.15, 0.2) is 0 Å². The number of rotatable bonds is 5. The molecule has 2 aromatic heterocycles. The number of nitrogens with one attached hydrogen (secondary N) is 1. The Bertz CT molecular complexity index is 1390. The molecule has 6 nitrogen and oxygen atoms in total. The van der Waals surface area contributed by atoms with Gasteiger partial charge in [0, 0.05) is 41.5 Å². The fourth-order valence-corrected chi connectivity index (χ4v) is 4.62. The van der Waals surface area contributed by atoms with Crippen LogP contribution in [0.5, 0.6) is 0 Å². The number of ether oxygens (including phenoxy) is 1. The van der Waals surface area contributed by atoms with E-state index in [1.165, 1.54) is 12.1 Å². The molecule has 184 valence electrons. The summed E-state index contributed by atoms with van der Waals surface area (Å²) in [6, 6.07) is 8.23. The van der Waals surface area contributed by atoms with Gasteiger partial charge in [-0.1, -0.05) is 18.5 Å². The highest BCUT2D eigenvalue weighted by Crippen LogP contribution is 2.47. The number of hydrogen-bond donors (Lipinski definition) is 1. The Morgan fingerprint density at radius 2 is 1.97 bits per heavy atom. The second-order valence-electron chi connectivity index (χ2n) is 9.56. The van der Waals surface area contributed by atoms with E-state index in [1.807, 2.05) is 13.0 Å². The van der Waals surface area contributed by atoms with Crippen LogP contribution in [0, 0.1) is 25.1 Å². The van der Waals surface area contributed by atoms with Crippen molar-refractivity contribution in [3.63, 3.8) is 0 Å². The first-order chi connectivity index (χ1) is 17.3. The highest BCUT2D eigenvalue weighted by molar-refractivity contribution is 6.29. The second kappa shape index (κ2) is 9.53. The second-order valence-corrected chi connectivity index (χ2v) is 9.95. The molecule has 0 bridgehead atoms. The summed E-state index contributed by atoms with van der Waals surface area (Å²) in [4.78, 5) is 24.1. The maximum Gasteiger partial charge on any atom is 0.255 e. The largest absolute Gasteiger partial charge is 0.378 e. The maximum atomic E-state index is 15.0. The first-order valence-corrected chi connectivity index (χ1v) is 12.2. The molecule has 1 aromatic carbocycles. The van der Waals surface area contributed by atoms with Crippen molar-refractivity contribution < 1.29 is 13.9 Å². The summed E-state index contributed by atoms with van der Waals surface area (Å²) in [5, 5.41) is 2.95. The van der Waals surface area contributed by atoms with Gasteiger partial charge < -0.3 is 15.0 Å². The molecule has 1 N–H and O–H groups in total. The molecule has 3 heterocycles. The van der Waals surface area contributed by atoms with Crippen molar-refractivity contribution in [3.8, 4) is 23.5 Å². The van der Waals surface area contributed by atoms with E-state index in [4.69, 9.17) is 22.8 Å². The fourth-order valence-electron chi connectivity index (χ4n) is 4.41. The van der Waals surface area contributed by atoms with Crippen LogP contribution in [0.1, 0.15) is 47.1 Å². The lowest BCUT2D eigenvalue weighted by atomic mass is 9.99. The molecule has 1 saturated heterocycles. The first kappa shape index (κ1) is 24.2. The number of halogens is 2. The highest BCUT2D eigenvalue weighted by atomic mass is 35.5. The molecule has 1 aliphatic carbocycles. The molecule has 0 spiro atoms. The summed E-state index contributed by atoms with van der Waals surface area (Å²) in [5.41, 5.74) is 4.75. The molecule has 8 heteroatoms. The summed E-state index contributed by atoms with van der Waals surface area (Å²) in [6.45, 7) is 6.54. The zero-order valence-electron chi connectivity index (χ0n) is 20.2. The Kier molecular flexibility index (Phi) is 6.42. The van der Waals surface area contributed by atoms with Crippen LogP contribution < -0.4 is 10.2 Å². The number of nitrogens with zero attached hydrogens (tertiary/aromatic N) is 3. The van der Waals surface area contributed by atoms with E-state index in [2.05, 4.69) is 33.0 Å². The van der Waals surface area contributed by atoms with Gasteiger partial charge in [0.25, 0.3) is 5.91 Å². The number of carbonyl (C=O) groups excluding carboxylic acids is 1. The van der Waals surface area contributed by atoms with Crippen LogP contribution in [0.15, 0.2) is 36.5 Å². The zero-order valence-corrected chi connectivity index (χ0v) is 21.0. The summed E-state index contributed by atoms with van der Waals surface area (Å²) < 4.78 is 20.4. The van der Waals surface area contributed by atoms with Crippen LogP contribution in [-0.2, 0) is 10.2 Å². The van der Waals surface area contributed by atoms with Crippen LogP contribution in [0.2, 0.25) is 5.15 Å². The lowest BCUT2D eigenvalue weighted by molar-refractivity contribution is 0.102. The van der Waals surface area contributed by atoms with Crippen molar-refractivity contribution in [3.05, 3.63) is 70.0 Å². The van der Waals surface area contributed by atoms with E-state index >= 15 is 0 Å². The number of benzene rings is 1. The van der Waals surface area contributed by atoms with E-state index in [-0.39, 0.29) is 16.3 Å². The Morgan fingerprint density at radius 1 is 1.22 bits per heavy atom. The van der Waals surface area contributed by atoms with Gasteiger partial charge in [-0.15, -0.1) is 6.42 Å². The van der Waals surface area contributed by atoms with Gasteiger partial charge in [-0.25, -0.2) is 14.4 Å². The Hall–Kier alpha value is -3.47. The number of carbonyl (C=O) groups is 1.